The van der Waals surface area contributed by atoms with E-state index in [0.29, 0.717) is 6.42 Å². The molecule has 130 valence electrons. The molecule has 0 N–H and O–H groups in total. The van der Waals surface area contributed by atoms with E-state index in [-0.39, 0.29) is 5.91 Å². The average molecular weight is 326 g/mol. The molecular weight excluding hydrogens is 296 g/mol. The second kappa shape index (κ2) is 8.48. The summed E-state index contributed by atoms with van der Waals surface area (Å²) >= 11 is 0. The van der Waals surface area contributed by atoms with Crippen molar-refractivity contribution in [2.75, 3.05) is 32.7 Å². The first kappa shape index (κ1) is 17.2. The molecule has 1 aromatic carbocycles. The maximum absolute atomic E-state index is 12.5. The Morgan fingerprint density at radius 2 is 1.96 bits per heavy atom. The molecule has 3 nitrogen and oxygen atoms in total. The van der Waals surface area contributed by atoms with Crippen LogP contribution in [-0.2, 0) is 11.2 Å². The molecular formula is C21H30N2O. The zero-order chi connectivity index (χ0) is 16.8. The molecule has 1 aliphatic carbocycles. The van der Waals surface area contributed by atoms with Crippen molar-refractivity contribution in [2.24, 2.45) is 0 Å². The summed E-state index contributed by atoms with van der Waals surface area (Å²) in [5.74, 6) is 0.273. The summed E-state index contributed by atoms with van der Waals surface area (Å²) in [5, 5.41) is 0. The van der Waals surface area contributed by atoms with E-state index in [1.165, 1.54) is 37.7 Å². The first-order valence-electron chi connectivity index (χ1n) is 9.44. The van der Waals surface area contributed by atoms with E-state index < -0.39 is 0 Å². The molecule has 3 heteroatoms. The van der Waals surface area contributed by atoms with Gasteiger partial charge in [0.1, 0.15) is 0 Å². The fourth-order valence-electron chi connectivity index (χ4n) is 3.76. The minimum absolute atomic E-state index is 0.273. The highest BCUT2D eigenvalue weighted by molar-refractivity contribution is 5.78. The summed E-state index contributed by atoms with van der Waals surface area (Å²) in [5.41, 5.74) is 4.01. The molecule has 3 rings (SSSR count). The van der Waals surface area contributed by atoms with Gasteiger partial charge in [0.25, 0.3) is 0 Å². The average Bonchev–Trinajstić information content (AvgIpc) is 2.61. The van der Waals surface area contributed by atoms with E-state index in [9.17, 15) is 4.79 Å². The second-order valence-electron chi connectivity index (χ2n) is 7.25. The van der Waals surface area contributed by atoms with Crippen molar-refractivity contribution < 1.29 is 4.79 Å². The van der Waals surface area contributed by atoms with Gasteiger partial charge in [0, 0.05) is 32.7 Å². The molecule has 1 amide bonds. The van der Waals surface area contributed by atoms with Crippen molar-refractivity contribution in [3.8, 4) is 0 Å². The van der Waals surface area contributed by atoms with Crippen LogP contribution in [0.4, 0.5) is 0 Å². The number of carbonyl (C=O) groups excluding carboxylic acids is 1. The van der Waals surface area contributed by atoms with Crippen LogP contribution in [0.2, 0.25) is 0 Å². The molecule has 0 aromatic heterocycles. The molecule has 1 heterocycles. The summed E-state index contributed by atoms with van der Waals surface area (Å²) in [6.07, 6.45) is 9.51. The van der Waals surface area contributed by atoms with Gasteiger partial charge in [0.05, 0.1) is 6.42 Å². The largest absolute Gasteiger partial charge is 0.340 e. The molecule has 2 aliphatic rings. The molecule has 1 fully saturated rings. The molecule has 0 spiro atoms. The Bertz CT molecular complexity index is 585. The first-order chi connectivity index (χ1) is 11.7. The SMILES string of the molecule is Cc1cccc(CC(=O)N2CCN(CCC3=CCCCC3)CC2)c1. The fraction of sp³-hybridized carbons (Fsp3) is 0.571. The molecule has 1 aromatic rings. The van der Waals surface area contributed by atoms with Crippen LogP contribution < -0.4 is 0 Å². The first-order valence-corrected chi connectivity index (χ1v) is 9.44. The summed E-state index contributed by atoms with van der Waals surface area (Å²) in [6.45, 7) is 7.04. The zero-order valence-electron chi connectivity index (χ0n) is 15.0. The molecule has 24 heavy (non-hydrogen) atoms. The lowest BCUT2D eigenvalue weighted by atomic mass is 9.97. The monoisotopic (exact) mass is 326 g/mol. The number of allylic oxidation sites excluding steroid dienone is 1. The van der Waals surface area contributed by atoms with Crippen molar-refractivity contribution in [2.45, 2.75) is 45.4 Å². The minimum atomic E-state index is 0.273. The van der Waals surface area contributed by atoms with Crippen LogP contribution in [-0.4, -0.2) is 48.4 Å². The molecule has 0 atom stereocenters. The van der Waals surface area contributed by atoms with Gasteiger partial charge in [-0.15, -0.1) is 0 Å². The number of hydrogen-bond donors (Lipinski definition) is 0. The summed E-state index contributed by atoms with van der Waals surface area (Å²) in [4.78, 5) is 17.0. The van der Waals surface area contributed by atoms with E-state index in [0.717, 1.165) is 38.3 Å². The second-order valence-corrected chi connectivity index (χ2v) is 7.25. The Morgan fingerprint density at radius 3 is 2.67 bits per heavy atom. The van der Waals surface area contributed by atoms with Gasteiger partial charge in [-0.1, -0.05) is 41.5 Å². The van der Waals surface area contributed by atoms with Gasteiger partial charge in [-0.05, 0) is 44.6 Å². The van der Waals surface area contributed by atoms with E-state index in [1.807, 2.05) is 11.0 Å². The van der Waals surface area contributed by atoms with Crippen LogP contribution in [0.3, 0.4) is 0 Å². The van der Waals surface area contributed by atoms with E-state index >= 15 is 0 Å². The highest BCUT2D eigenvalue weighted by Crippen LogP contribution is 2.20. The van der Waals surface area contributed by atoms with Gasteiger partial charge in [0.15, 0.2) is 0 Å². The topological polar surface area (TPSA) is 23.6 Å². The molecule has 0 unspecified atom stereocenters. The molecule has 0 bridgehead atoms. The molecule has 0 radical (unpaired) electrons. The van der Waals surface area contributed by atoms with E-state index in [4.69, 9.17) is 0 Å². The maximum atomic E-state index is 12.5. The van der Waals surface area contributed by atoms with Gasteiger partial charge < -0.3 is 4.90 Å². The van der Waals surface area contributed by atoms with Crippen molar-refractivity contribution in [3.05, 3.63) is 47.0 Å². The van der Waals surface area contributed by atoms with Gasteiger partial charge in [0.2, 0.25) is 5.91 Å². The van der Waals surface area contributed by atoms with Gasteiger partial charge in [-0.2, -0.15) is 0 Å². The number of piperazine rings is 1. The smallest absolute Gasteiger partial charge is 0.227 e. The van der Waals surface area contributed by atoms with Crippen molar-refractivity contribution in [3.63, 3.8) is 0 Å². The number of amides is 1. The Morgan fingerprint density at radius 1 is 1.12 bits per heavy atom. The van der Waals surface area contributed by atoms with Crippen LogP contribution in [0.1, 0.15) is 43.2 Å². The Balaban J connectivity index is 1.41. The predicted octanol–water partition coefficient (Wildman–Crippen LogP) is 3.57. The number of hydrogen-bond acceptors (Lipinski definition) is 2. The van der Waals surface area contributed by atoms with E-state index in [1.54, 1.807) is 5.57 Å². The number of aryl methyl sites for hydroxylation is 1. The lowest BCUT2D eigenvalue weighted by molar-refractivity contribution is -0.132. The quantitative estimate of drug-likeness (QED) is 0.772. The van der Waals surface area contributed by atoms with Gasteiger partial charge >= 0.3 is 0 Å². The number of nitrogens with zero attached hydrogens (tertiary/aromatic N) is 2. The van der Waals surface area contributed by atoms with Crippen molar-refractivity contribution in [1.82, 2.24) is 9.80 Å². The molecule has 0 saturated carbocycles. The van der Waals surface area contributed by atoms with Crippen LogP contribution >= 0.6 is 0 Å². The highest BCUT2D eigenvalue weighted by atomic mass is 16.2. The summed E-state index contributed by atoms with van der Waals surface area (Å²) < 4.78 is 0. The van der Waals surface area contributed by atoms with Gasteiger partial charge in [-0.25, -0.2) is 0 Å². The Hall–Kier alpha value is -1.61. The summed E-state index contributed by atoms with van der Waals surface area (Å²) in [7, 11) is 0. The van der Waals surface area contributed by atoms with Crippen LogP contribution in [0.15, 0.2) is 35.9 Å². The van der Waals surface area contributed by atoms with Gasteiger partial charge in [-0.3, -0.25) is 9.69 Å². The number of benzene rings is 1. The maximum Gasteiger partial charge on any atom is 0.227 e. The molecule has 1 saturated heterocycles. The predicted molar refractivity (Wildman–Crippen MR) is 99.1 cm³/mol. The van der Waals surface area contributed by atoms with Crippen molar-refractivity contribution in [1.29, 1.82) is 0 Å². The van der Waals surface area contributed by atoms with Crippen LogP contribution in [0.5, 0.6) is 0 Å². The van der Waals surface area contributed by atoms with Crippen LogP contribution in [0.25, 0.3) is 0 Å². The lowest BCUT2D eigenvalue weighted by Gasteiger charge is -2.35. The molecule has 1 aliphatic heterocycles. The minimum Gasteiger partial charge on any atom is -0.340 e. The highest BCUT2D eigenvalue weighted by Gasteiger charge is 2.21. The number of rotatable bonds is 5. The number of carbonyl (C=O) groups is 1. The normalized spacial score (nSPS) is 19.2. The Labute approximate surface area is 146 Å². The summed E-state index contributed by atoms with van der Waals surface area (Å²) in [6, 6.07) is 8.29. The third kappa shape index (κ3) is 4.94. The lowest BCUT2D eigenvalue weighted by Crippen LogP contribution is -2.49. The standard InChI is InChI=1S/C21H30N2O/c1-18-6-5-9-20(16-18)17-21(24)23-14-12-22(13-15-23)11-10-19-7-3-2-4-8-19/h5-7,9,16H,2-4,8,10-15,17H2,1H3. The van der Waals surface area contributed by atoms with Crippen molar-refractivity contribution >= 4 is 5.91 Å². The third-order valence-electron chi connectivity index (χ3n) is 5.30. The van der Waals surface area contributed by atoms with Crippen LogP contribution in [0, 0.1) is 6.92 Å². The Kier molecular flexibility index (Phi) is 6.08. The third-order valence-corrected chi connectivity index (χ3v) is 5.30. The zero-order valence-corrected chi connectivity index (χ0v) is 15.0. The fourth-order valence-corrected chi connectivity index (χ4v) is 3.76. The van der Waals surface area contributed by atoms with E-state index in [2.05, 4.69) is 36.1 Å².